The Morgan fingerprint density at radius 3 is 3.05 bits per heavy atom. The largest absolute Gasteiger partial charge is 0.459 e. The lowest BCUT2D eigenvalue weighted by Gasteiger charge is -2.11. The van der Waals surface area contributed by atoms with Crippen LogP contribution in [0.4, 0.5) is 0 Å². The molecule has 20 heavy (non-hydrogen) atoms. The molecule has 0 radical (unpaired) electrons. The van der Waals surface area contributed by atoms with Gasteiger partial charge in [-0.1, -0.05) is 18.2 Å². The number of amides is 1. The van der Waals surface area contributed by atoms with Gasteiger partial charge in [0, 0.05) is 5.39 Å². The van der Waals surface area contributed by atoms with E-state index in [1.165, 1.54) is 17.3 Å². The summed E-state index contributed by atoms with van der Waals surface area (Å²) in [5.74, 6) is 0.599. The number of para-hydroxylation sites is 1. The third-order valence-corrected chi connectivity index (χ3v) is 3.02. The van der Waals surface area contributed by atoms with Crippen LogP contribution in [-0.4, -0.2) is 20.7 Å². The molecule has 0 saturated heterocycles. The zero-order valence-electron chi connectivity index (χ0n) is 11.0. The van der Waals surface area contributed by atoms with E-state index in [0.717, 1.165) is 16.7 Å². The molecule has 3 rings (SSSR count). The first-order chi connectivity index (χ1) is 9.72. The van der Waals surface area contributed by atoms with E-state index in [-0.39, 0.29) is 18.5 Å². The number of carbonyl (C=O) groups is 1. The predicted octanol–water partition coefficient (Wildman–Crippen LogP) is 1.90. The summed E-state index contributed by atoms with van der Waals surface area (Å²) in [4.78, 5) is 15.7. The van der Waals surface area contributed by atoms with E-state index in [4.69, 9.17) is 4.42 Å². The quantitative estimate of drug-likeness (QED) is 0.786. The normalized spacial score (nSPS) is 12.4. The molecule has 0 bridgehead atoms. The molecule has 3 aromatic rings. The third-order valence-electron chi connectivity index (χ3n) is 3.02. The van der Waals surface area contributed by atoms with Crippen molar-refractivity contribution in [3.63, 3.8) is 0 Å². The average molecular weight is 270 g/mol. The fourth-order valence-electron chi connectivity index (χ4n) is 2.04. The molecule has 1 atom stereocenters. The molecule has 1 aromatic carbocycles. The molecule has 6 nitrogen and oxygen atoms in total. The van der Waals surface area contributed by atoms with Gasteiger partial charge in [-0.25, -0.2) is 9.67 Å². The smallest absolute Gasteiger partial charge is 0.242 e. The highest BCUT2D eigenvalue weighted by Gasteiger charge is 2.14. The summed E-state index contributed by atoms with van der Waals surface area (Å²) in [6.07, 6.45) is 2.90. The first-order valence-electron chi connectivity index (χ1n) is 6.32. The maximum Gasteiger partial charge on any atom is 0.242 e. The molecule has 102 valence electrons. The highest BCUT2D eigenvalue weighted by Crippen LogP contribution is 2.23. The highest BCUT2D eigenvalue weighted by atomic mass is 16.3. The predicted molar refractivity (Wildman–Crippen MR) is 72.8 cm³/mol. The summed E-state index contributed by atoms with van der Waals surface area (Å²) >= 11 is 0. The lowest BCUT2D eigenvalue weighted by atomic mass is 10.2. The molecular weight excluding hydrogens is 256 g/mol. The Kier molecular flexibility index (Phi) is 3.20. The van der Waals surface area contributed by atoms with Crippen molar-refractivity contribution in [3.05, 3.63) is 48.7 Å². The molecule has 0 saturated carbocycles. The molecule has 0 aliphatic heterocycles. The van der Waals surface area contributed by atoms with E-state index in [0.29, 0.717) is 0 Å². The van der Waals surface area contributed by atoms with Gasteiger partial charge in [-0.3, -0.25) is 4.79 Å². The molecule has 2 heterocycles. The number of hydrogen-bond acceptors (Lipinski definition) is 4. The van der Waals surface area contributed by atoms with Crippen LogP contribution >= 0.6 is 0 Å². The summed E-state index contributed by atoms with van der Waals surface area (Å²) < 4.78 is 7.19. The molecule has 1 N–H and O–H groups in total. The van der Waals surface area contributed by atoms with Gasteiger partial charge in [-0.15, -0.1) is 0 Å². The summed E-state index contributed by atoms with van der Waals surface area (Å²) in [7, 11) is 0. The fourth-order valence-corrected chi connectivity index (χ4v) is 2.04. The van der Waals surface area contributed by atoms with Gasteiger partial charge in [0.2, 0.25) is 5.91 Å². The van der Waals surface area contributed by atoms with Crippen LogP contribution in [0.5, 0.6) is 0 Å². The maximum atomic E-state index is 11.9. The van der Waals surface area contributed by atoms with E-state index in [1.54, 1.807) is 0 Å². The van der Waals surface area contributed by atoms with Crippen molar-refractivity contribution in [2.75, 3.05) is 0 Å². The number of furan rings is 1. The first kappa shape index (κ1) is 12.4. The summed E-state index contributed by atoms with van der Waals surface area (Å²) in [5, 5.41) is 7.79. The van der Waals surface area contributed by atoms with E-state index in [1.807, 2.05) is 37.3 Å². The second kappa shape index (κ2) is 5.16. The highest BCUT2D eigenvalue weighted by molar-refractivity contribution is 5.79. The molecule has 0 spiro atoms. The number of nitrogens with zero attached hydrogens (tertiary/aromatic N) is 3. The van der Waals surface area contributed by atoms with Gasteiger partial charge >= 0.3 is 0 Å². The lowest BCUT2D eigenvalue weighted by Crippen LogP contribution is -2.30. The SMILES string of the molecule is C[C@@H](NC(=O)Cn1cncn1)c1cc2ccccc2o1. The Balaban J connectivity index is 1.69. The van der Waals surface area contributed by atoms with Crippen LogP contribution in [0.1, 0.15) is 18.7 Å². The Hall–Kier alpha value is -2.63. The molecule has 0 aliphatic rings. The molecule has 1 amide bonds. The van der Waals surface area contributed by atoms with Gasteiger partial charge in [0.15, 0.2) is 0 Å². The fraction of sp³-hybridized carbons (Fsp3) is 0.214. The monoisotopic (exact) mass is 270 g/mol. The minimum absolute atomic E-state index is 0.136. The van der Waals surface area contributed by atoms with Crippen molar-refractivity contribution < 1.29 is 9.21 Å². The van der Waals surface area contributed by atoms with Crippen molar-refractivity contribution >= 4 is 16.9 Å². The van der Waals surface area contributed by atoms with Gasteiger partial charge in [0.25, 0.3) is 0 Å². The van der Waals surface area contributed by atoms with Crippen LogP contribution in [0, 0.1) is 0 Å². The van der Waals surface area contributed by atoms with Crippen LogP contribution in [0.15, 0.2) is 47.4 Å². The Morgan fingerprint density at radius 1 is 1.45 bits per heavy atom. The van der Waals surface area contributed by atoms with Gasteiger partial charge in [-0.2, -0.15) is 5.10 Å². The van der Waals surface area contributed by atoms with E-state index < -0.39 is 0 Å². The summed E-state index contributed by atoms with van der Waals surface area (Å²) in [6.45, 7) is 2.03. The topological polar surface area (TPSA) is 73.0 Å². The number of benzene rings is 1. The van der Waals surface area contributed by atoms with Gasteiger partial charge in [-0.05, 0) is 19.1 Å². The van der Waals surface area contributed by atoms with E-state index >= 15 is 0 Å². The van der Waals surface area contributed by atoms with Crippen molar-refractivity contribution in [1.29, 1.82) is 0 Å². The number of carbonyl (C=O) groups excluding carboxylic acids is 1. The molecule has 0 fully saturated rings. The van der Waals surface area contributed by atoms with Gasteiger partial charge < -0.3 is 9.73 Å². The lowest BCUT2D eigenvalue weighted by molar-refractivity contribution is -0.122. The van der Waals surface area contributed by atoms with E-state index in [9.17, 15) is 4.79 Å². The summed E-state index contributed by atoms with van der Waals surface area (Å²) in [6, 6.07) is 9.50. The Labute approximate surface area is 115 Å². The number of fused-ring (bicyclic) bond motifs is 1. The number of nitrogens with one attached hydrogen (secondary N) is 1. The van der Waals surface area contributed by atoms with Crippen molar-refractivity contribution in [2.24, 2.45) is 0 Å². The van der Waals surface area contributed by atoms with Crippen molar-refractivity contribution in [2.45, 2.75) is 19.5 Å². The number of rotatable bonds is 4. The second-order valence-corrected chi connectivity index (χ2v) is 4.57. The van der Waals surface area contributed by atoms with E-state index in [2.05, 4.69) is 15.4 Å². The third kappa shape index (κ3) is 2.54. The molecule has 2 aromatic heterocycles. The molecule has 0 aliphatic carbocycles. The van der Waals surface area contributed by atoms with Crippen LogP contribution in [0.2, 0.25) is 0 Å². The minimum atomic E-state index is -0.196. The number of hydrogen-bond donors (Lipinski definition) is 1. The summed E-state index contributed by atoms with van der Waals surface area (Å²) in [5.41, 5.74) is 0.819. The van der Waals surface area contributed by atoms with Gasteiger partial charge in [0.1, 0.15) is 30.5 Å². The Bertz CT molecular complexity index is 685. The van der Waals surface area contributed by atoms with Crippen molar-refractivity contribution in [1.82, 2.24) is 20.1 Å². The zero-order chi connectivity index (χ0) is 13.9. The zero-order valence-corrected chi connectivity index (χ0v) is 11.0. The minimum Gasteiger partial charge on any atom is -0.459 e. The number of aromatic nitrogens is 3. The molecule has 0 unspecified atom stereocenters. The van der Waals surface area contributed by atoms with Crippen LogP contribution in [-0.2, 0) is 11.3 Å². The van der Waals surface area contributed by atoms with Crippen LogP contribution in [0.25, 0.3) is 11.0 Å². The molecule has 6 heteroatoms. The average Bonchev–Trinajstić information content (AvgIpc) is 3.06. The molecular formula is C14H14N4O2. The van der Waals surface area contributed by atoms with Crippen molar-refractivity contribution in [3.8, 4) is 0 Å². The van der Waals surface area contributed by atoms with Crippen LogP contribution in [0.3, 0.4) is 0 Å². The Morgan fingerprint density at radius 2 is 2.30 bits per heavy atom. The second-order valence-electron chi connectivity index (χ2n) is 4.57. The van der Waals surface area contributed by atoms with Crippen LogP contribution < -0.4 is 5.32 Å². The maximum absolute atomic E-state index is 11.9. The van der Waals surface area contributed by atoms with Gasteiger partial charge in [0.05, 0.1) is 6.04 Å². The standard InChI is InChI=1S/C14H14N4O2/c1-10(17-14(19)7-18-9-15-8-16-18)13-6-11-4-2-3-5-12(11)20-13/h2-6,8-10H,7H2,1H3,(H,17,19)/t10-/m1/s1. The first-order valence-corrected chi connectivity index (χ1v) is 6.32.